The molecule has 0 atom stereocenters. The molecule has 0 aliphatic heterocycles. The SMILES string of the molecule is C=CCCn1nc(C(F)(F)CC)nc1Cc1ccc(-c2ccccc2-c2nnn[nH]2)cc1. The molecule has 0 radical (unpaired) electrons. The molecule has 0 saturated carbocycles. The maximum atomic E-state index is 14.2. The fourth-order valence-electron chi connectivity index (χ4n) is 3.41. The van der Waals surface area contributed by atoms with E-state index in [1.807, 2.05) is 48.5 Å². The minimum Gasteiger partial charge on any atom is -0.249 e. The number of hydrogen-bond donors (Lipinski definition) is 1. The van der Waals surface area contributed by atoms with E-state index >= 15 is 0 Å². The Morgan fingerprint density at radius 3 is 2.50 bits per heavy atom. The van der Waals surface area contributed by atoms with Crippen LogP contribution in [-0.4, -0.2) is 35.4 Å². The summed E-state index contributed by atoms with van der Waals surface area (Å²) in [7, 11) is 0. The monoisotopic (exact) mass is 435 g/mol. The number of alkyl halides is 2. The van der Waals surface area contributed by atoms with Gasteiger partial charge in [-0.25, -0.2) is 14.8 Å². The molecule has 7 nitrogen and oxygen atoms in total. The summed E-state index contributed by atoms with van der Waals surface area (Å²) in [5, 5.41) is 18.2. The molecule has 0 bridgehead atoms. The normalized spacial score (nSPS) is 11.6. The van der Waals surface area contributed by atoms with Crippen LogP contribution in [0.25, 0.3) is 22.5 Å². The van der Waals surface area contributed by atoms with Gasteiger partial charge in [-0.2, -0.15) is 8.78 Å². The first-order chi connectivity index (χ1) is 15.5. The van der Waals surface area contributed by atoms with Crippen molar-refractivity contribution in [2.24, 2.45) is 0 Å². The maximum Gasteiger partial charge on any atom is 0.308 e. The molecule has 164 valence electrons. The van der Waals surface area contributed by atoms with Crippen molar-refractivity contribution in [1.82, 2.24) is 35.4 Å². The smallest absolute Gasteiger partial charge is 0.249 e. The van der Waals surface area contributed by atoms with Crippen LogP contribution in [0.4, 0.5) is 8.78 Å². The van der Waals surface area contributed by atoms with Crippen LogP contribution in [0.3, 0.4) is 0 Å². The zero-order valence-electron chi connectivity index (χ0n) is 17.7. The van der Waals surface area contributed by atoms with Crippen molar-refractivity contribution in [3.63, 3.8) is 0 Å². The van der Waals surface area contributed by atoms with Gasteiger partial charge in [0, 0.05) is 24.9 Å². The zero-order chi connectivity index (χ0) is 22.6. The summed E-state index contributed by atoms with van der Waals surface area (Å²) >= 11 is 0. The Morgan fingerprint density at radius 2 is 1.84 bits per heavy atom. The minimum absolute atomic E-state index is 0.341. The van der Waals surface area contributed by atoms with E-state index in [4.69, 9.17) is 0 Å². The standard InChI is InChI=1S/C23H23F2N7/c1-3-5-14-32-20(26-22(29-32)23(24,25)4-2)15-16-10-12-17(13-11-16)18-8-6-7-9-19(18)21-27-30-31-28-21/h3,6-13H,1,4-5,14-15H2,2H3,(H,27,28,30,31). The van der Waals surface area contributed by atoms with Crippen LogP contribution in [0.5, 0.6) is 0 Å². The van der Waals surface area contributed by atoms with E-state index in [0.717, 1.165) is 22.3 Å². The van der Waals surface area contributed by atoms with Gasteiger partial charge in [0.1, 0.15) is 5.82 Å². The summed E-state index contributed by atoms with van der Waals surface area (Å²) in [6.45, 7) is 5.59. The second kappa shape index (κ2) is 9.17. The molecular formula is C23H23F2N7. The van der Waals surface area contributed by atoms with Crippen LogP contribution in [0.2, 0.25) is 0 Å². The number of aromatic amines is 1. The molecule has 0 unspecified atom stereocenters. The number of benzene rings is 2. The summed E-state index contributed by atoms with van der Waals surface area (Å²) in [6.07, 6.45) is 2.42. The van der Waals surface area contributed by atoms with Gasteiger partial charge < -0.3 is 0 Å². The van der Waals surface area contributed by atoms with E-state index in [0.29, 0.717) is 31.0 Å². The van der Waals surface area contributed by atoms with Crippen molar-refractivity contribution in [1.29, 1.82) is 0 Å². The van der Waals surface area contributed by atoms with Crippen molar-refractivity contribution in [3.8, 4) is 22.5 Å². The molecule has 2 heterocycles. The van der Waals surface area contributed by atoms with Crippen molar-refractivity contribution < 1.29 is 8.78 Å². The van der Waals surface area contributed by atoms with Gasteiger partial charge in [-0.1, -0.05) is 61.5 Å². The number of tetrazole rings is 1. The van der Waals surface area contributed by atoms with Crippen LogP contribution in [-0.2, 0) is 18.9 Å². The summed E-state index contributed by atoms with van der Waals surface area (Å²) in [5.74, 6) is -2.37. The van der Waals surface area contributed by atoms with Crippen LogP contribution in [0.1, 0.15) is 37.0 Å². The van der Waals surface area contributed by atoms with E-state index in [1.54, 1.807) is 10.8 Å². The quantitative estimate of drug-likeness (QED) is 0.382. The molecule has 9 heteroatoms. The summed E-state index contributed by atoms with van der Waals surface area (Å²) < 4.78 is 29.9. The molecular weight excluding hydrogens is 412 g/mol. The van der Waals surface area contributed by atoms with Crippen LogP contribution >= 0.6 is 0 Å². The number of aromatic nitrogens is 7. The third-order valence-corrected chi connectivity index (χ3v) is 5.22. The van der Waals surface area contributed by atoms with Crippen molar-refractivity contribution in [2.75, 3.05) is 0 Å². The zero-order valence-corrected chi connectivity index (χ0v) is 17.7. The van der Waals surface area contributed by atoms with Crippen molar-refractivity contribution >= 4 is 0 Å². The van der Waals surface area contributed by atoms with Gasteiger partial charge in [0.15, 0.2) is 5.82 Å². The Labute approximate surface area is 184 Å². The Balaban J connectivity index is 1.61. The fourth-order valence-corrected chi connectivity index (χ4v) is 3.41. The lowest BCUT2D eigenvalue weighted by Crippen LogP contribution is -2.14. The highest BCUT2D eigenvalue weighted by Crippen LogP contribution is 2.31. The highest BCUT2D eigenvalue weighted by atomic mass is 19.3. The Kier molecular flexibility index (Phi) is 6.16. The fraction of sp³-hybridized carbons (Fsp3) is 0.261. The topological polar surface area (TPSA) is 85.2 Å². The Hall–Kier alpha value is -3.75. The van der Waals surface area contributed by atoms with Gasteiger partial charge in [0.25, 0.3) is 0 Å². The lowest BCUT2D eigenvalue weighted by Gasteiger charge is -2.09. The van der Waals surface area contributed by atoms with E-state index < -0.39 is 11.7 Å². The van der Waals surface area contributed by atoms with Crippen LogP contribution in [0.15, 0.2) is 61.2 Å². The first-order valence-corrected chi connectivity index (χ1v) is 10.4. The molecule has 32 heavy (non-hydrogen) atoms. The largest absolute Gasteiger partial charge is 0.308 e. The number of halogens is 2. The van der Waals surface area contributed by atoms with Crippen LogP contribution in [0, 0.1) is 0 Å². The molecule has 0 amide bonds. The van der Waals surface area contributed by atoms with Gasteiger partial charge >= 0.3 is 5.92 Å². The first-order valence-electron chi connectivity index (χ1n) is 10.4. The van der Waals surface area contributed by atoms with Gasteiger partial charge in [-0.3, -0.25) is 0 Å². The number of nitrogens with zero attached hydrogens (tertiary/aromatic N) is 6. The molecule has 4 aromatic rings. The number of hydrogen-bond acceptors (Lipinski definition) is 5. The maximum absolute atomic E-state index is 14.2. The molecule has 2 aromatic carbocycles. The van der Waals surface area contributed by atoms with Gasteiger partial charge in [-0.15, -0.1) is 16.8 Å². The number of nitrogens with one attached hydrogen (secondary N) is 1. The van der Waals surface area contributed by atoms with E-state index in [1.165, 1.54) is 6.92 Å². The molecule has 0 fully saturated rings. The predicted molar refractivity (Wildman–Crippen MR) is 117 cm³/mol. The Morgan fingerprint density at radius 1 is 1.09 bits per heavy atom. The van der Waals surface area contributed by atoms with E-state index in [9.17, 15) is 8.78 Å². The third kappa shape index (κ3) is 4.46. The van der Waals surface area contributed by atoms with Crippen molar-refractivity contribution in [3.05, 3.63) is 78.4 Å². The minimum atomic E-state index is -3.04. The number of H-pyrrole nitrogens is 1. The second-order valence-corrected chi connectivity index (χ2v) is 7.38. The van der Waals surface area contributed by atoms with Gasteiger partial charge in [0.2, 0.25) is 5.82 Å². The van der Waals surface area contributed by atoms with Gasteiger partial charge in [0.05, 0.1) is 0 Å². The lowest BCUT2D eigenvalue weighted by molar-refractivity contribution is -0.0177. The molecule has 0 aliphatic carbocycles. The number of aryl methyl sites for hydroxylation is 1. The third-order valence-electron chi connectivity index (χ3n) is 5.22. The van der Waals surface area contributed by atoms with Crippen LogP contribution < -0.4 is 0 Å². The number of allylic oxidation sites excluding steroid dienone is 1. The molecule has 1 N–H and O–H groups in total. The summed E-state index contributed by atoms with van der Waals surface area (Å²) in [5.41, 5.74) is 3.82. The highest BCUT2D eigenvalue weighted by Gasteiger charge is 2.35. The van der Waals surface area contributed by atoms with E-state index in [-0.39, 0.29) is 6.42 Å². The molecule has 0 spiro atoms. The predicted octanol–water partition coefficient (Wildman–Crippen LogP) is 4.79. The summed E-state index contributed by atoms with van der Waals surface area (Å²) in [6, 6.07) is 15.7. The average Bonchev–Trinajstić information content (AvgIpc) is 3.49. The highest BCUT2D eigenvalue weighted by molar-refractivity contribution is 5.80. The van der Waals surface area contributed by atoms with Crippen molar-refractivity contribution in [2.45, 2.75) is 38.7 Å². The molecule has 2 aromatic heterocycles. The summed E-state index contributed by atoms with van der Waals surface area (Å²) in [4.78, 5) is 4.17. The average molecular weight is 435 g/mol. The number of rotatable bonds is 9. The lowest BCUT2D eigenvalue weighted by atomic mass is 9.98. The van der Waals surface area contributed by atoms with Gasteiger partial charge in [-0.05, 0) is 33.5 Å². The molecule has 0 saturated heterocycles. The molecule has 0 aliphatic rings. The molecule has 4 rings (SSSR count). The first kappa shape index (κ1) is 21.5. The second-order valence-electron chi connectivity index (χ2n) is 7.38. The van der Waals surface area contributed by atoms with E-state index in [2.05, 4.69) is 37.3 Å². The Bertz CT molecular complexity index is 1180.